The Hall–Kier alpha value is -1.06. The average molecular weight is 209 g/mol. The second kappa shape index (κ2) is 6.43. The summed E-state index contributed by atoms with van der Waals surface area (Å²) in [7, 11) is 1.61. The molecule has 2 N–H and O–H groups in total. The van der Waals surface area contributed by atoms with E-state index in [0.717, 1.165) is 18.6 Å². The molecule has 1 aromatic rings. The standard InChI is InChI=1S/C12H19NO2/c1-3-11(13)8-10-4-6-12(7-5-10)15-9-14-2/h4-7,11H,3,8-9,13H2,1-2H3. The summed E-state index contributed by atoms with van der Waals surface area (Å²) in [6.45, 7) is 2.38. The Labute approximate surface area is 91.2 Å². The van der Waals surface area contributed by atoms with Gasteiger partial charge in [0.05, 0.1) is 0 Å². The van der Waals surface area contributed by atoms with E-state index in [0.29, 0.717) is 0 Å². The Morgan fingerprint density at radius 1 is 1.27 bits per heavy atom. The lowest BCUT2D eigenvalue weighted by atomic mass is 10.1. The molecule has 0 aliphatic carbocycles. The van der Waals surface area contributed by atoms with E-state index in [1.807, 2.05) is 24.3 Å². The highest BCUT2D eigenvalue weighted by Crippen LogP contribution is 2.13. The van der Waals surface area contributed by atoms with Gasteiger partial charge in [0.1, 0.15) is 5.75 Å². The third-order valence-electron chi connectivity index (χ3n) is 2.29. The molecule has 15 heavy (non-hydrogen) atoms. The highest BCUT2D eigenvalue weighted by molar-refractivity contribution is 5.27. The summed E-state index contributed by atoms with van der Waals surface area (Å²) in [5.41, 5.74) is 7.12. The predicted molar refractivity (Wildman–Crippen MR) is 60.9 cm³/mol. The average Bonchev–Trinajstić information content (AvgIpc) is 2.28. The van der Waals surface area contributed by atoms with Crippen molar-refractivity contribution in [3.8, 4) is 5.75 Å². The summed E-state index contributed by atoms with van der Waals surface area (Å²) in [4.78, 5) is 0. The number of hydrogen-bond acceptors (Lipinski definition) is 3. The lowest BCUT2D eigenvalue weighted by Crippen LogP contribution is -2.21. The highest BCUT2D eigenvalue weighted by Gasteiger charge is 2.01. The number of nitrogens with two attached hydrogens (primary N) is 1. The number of methoxy groups -OCH3 is 1. The maximum absolute atomic E-state index is 5.87. The molecule has 1 unspecified atom stereocenters. The number of rotatable bonds is 6. The molecule has 0 saturated heterocycles. The Morgan fingerprint density at radius 2 is 1.93 bits per heavy atom. The van der Waals surface area contributed by atoms with Gasteiger partial charge in [0.15, 0.2) is 6.79 Å². The van der Waals surface area contributed by atoms with Crippen LogP contribution < -0.4 is 10.5 Å². The topological polar surface area (TPSA) is 44.5 Å². The van der Waals surface area contributed by atoms with Crippen LogP contribution in [0.5, 0.6) is 5.75 Å². The molecule has 0 bridgehead atoms. The minimum Gasteiger partial charge on any atom is -0.468 e. The maximum atomic E-state index is 5.87. The van der Waals surface area contributed by atoms with Crippen LogP contribution in [-0.2, 0) is 11.2 Å². The van der Waals surface area contributed by atoms with Crippen molar-refractivity contribution in [3.63, 3.8) is 0 Å². The van der Waals surface area contributed by atoms with Gasteiger partial charge >= 0.3 is 0 Å². The third kappa shape index (κ3) is 4.32. The van der Waals surface area contributed by atoms with Crippen molar-refractivity contribution < 1.29 is 9.47 Å². The fourth-order valence-electron chi connectivity index (χ4n) is 1.30. The summed E-state index contributed by atoms with van der Waals surface area (Å²) in [6, 6.07) is 8.21. The molecule has 0 amide bonds. The number of ether oxygens (including phenoxy) is 2. The molecule has 3 heteroatoms. The Morgan fingerprint density at radius 3 is 2.47 bits per heavy atom. The van der Waals surface area contributed by atoms with Crippen molar-refractivity contribution in [3.05, 3.63) is 29.8 Å². The minimum atomic E-state index is 0.246. The Bertz CT molecular complexity index is 271. The first kappa shape index (κ1) is 12.0. The first-order valence-electron chi connectivity index (χ1n) is 5.22. The van der Waals surface area contributed by atoms with Gasteiger partial charge in [0.25, 0.3) is 0 Å². The third-order valence-corrected chi connectivity index (χ3v) is 2.29. The van der Waals surface area contributed by atoms with E-state index in [-0.39, 0.29) is 12.8 Å². The zero-order chi connectivity index (χ0) is 11.1. The molecule has 0 spiro atoms. The first-order valence-corrected chi connectivity index (χ1v) is 5.22. The van der Waals surface area contributed by atoms with Crippen molar-refractivity contribution in [2.24, 2.45) is 5.73 Å². The zero-order valence-corrected chi connectivity index (χ0v) is 9.40. The van der Waals surface area contributed by atoms with Gasteiger partial charge in [-0.25, -0.2) is 0 Å². The molecule has 0 aliphatic rings. The van der Waals surface area contributed by atoms with Gasteiger partial charge in [-0.05, 0) is 30.5 Å². The van der Waals surface area contributed by atoms with Gasteiger partial charge < -0.3 is 15.2 Å². The largest absolute Gasteiger partial charge is 0.468 e. The van der Waals surface area contributed by atoms with Crippen molar-refractivity contribution in [2.45, 2.75) is 25.8 Å². The van der Waals surface area contributed by atoms with Gasteiger partial charge in [-0.2, -0.15) is 0 Å². The van der Waals surface area contributed by atoms with Crippen LogP contribution >= 0.6 is 0 Å². The van der Waals surface area contributed by atoms with Gasteiger partial charge in [-0.3, -0.25) is 0 Å². The summed E-state index contributed by atoms with van der Waals surface area (Å²) in [6.07, 6.45) is 1.92. The number of benzene rings is 1. The maximum Gasteiger partial charge on any atom is 0.188 e. The van der Waals surface area contributed by atoms with E-state index in [9.17, 15) is 0 Å². The van der Waals surface area contributed by atoms with Crippen LogP contribution in [0, 0.1) is 0 Å². The van der Waals surface area contributed by atoms with E-state index in [1.165, 1.54) is 5.56 Å². The van der Waals surface area contributed by atoms with Crippen molar-refractivity contribution in [1.29, 1.82) is 0 Å². The quantitative estimate of drug-likeness (QED) is 0.728. The molecule has 1 rings (SSSR count). The molecule has 3 nitrogen and oxygen atoms in total. The minimum absolute atomic E-state index is 0.246. The molecule has 1 atom stereocenters. The molecule has 0 saturated carbocycles. The van der Waals surface area contributed by atoms with Crippen molar-refractivity contribution in [2.75, 3.05) is 13.9 Å². The van der Waals surface area contributed by atoms with Gasteiger partial charge in [-0.15, -0.1) is 0 Å². The van der Waals surface area contributed by atoms with Gasteiger partial charge in [0.2, 0.25) is 0 Å². The van der Waals surface area contributed by atoms with E-state index in [1.54, 1.807) is 7.11 Å². The molecule has 0 heterocycles. The summed E-state index contributed by atoms with van der Waals surface area (Å²) in [5, 5.41) is 0. The lowest BCUT2D eigenvalue weighted by molar-refractivity contribution is 0.0511. The molecule has 0 aromatic heterocycles. The van der Waals surface area contributed by atoms with E-state index < -0.39 is 0 Å². The van der Waals surface area contributed by atoms with E-state index in [4.69, 9.17) is 15.2 Å². The van der Waals surface area contributed by atoms with Crippen LogP contribution in [0.15, 0.2) is 24.3 Å². The Balaban J connectivity index is 2.48. The monoisotopic (exact) mass is 209 g/mol. The highest BCUT2D eigenvalue weighted by atomic mass is 16.7. The predicted octanol–water partition coefficient (Wildman–Crippen LogP) is 1.95. The molecule has 1 aromatic carbocycles. The summed E-state index contributed by atoms with van der Waals surface area (Å²) < 4.78 is 10.1. The molecular formula is C12H19NO2. The summed E-state index contributed by atoms with van der Waals surface area (Å²) in [5.74, 6) is 0.825. The van der Waals surface area contributed by atoms with Crippen LogP contribution in [0.3, 0.4) is 0 Å². The normalized spacial score (nSPS) is 12.5. The second-order valence-corrected chi connectivity index (χ2v) is 3.57. The fraction of sp³-hybridized carbons (Fsp3) is 0.500. The smallest absolute Gasteiger partial charge is 0.188 e. The van der Waals surface area contributed by atoms with Crippen LogP contribution in [0.1, 0.15) is 18.9 Å². The molecular weight excluding hydrogens is 190 g/mol. The van der Waals surface area contributed by atoms with Crippen molar-refractivity contribution in [1.82, 2.24) is 0 Å². The van der Waals surface area contributed by atoms with Gasteiger partial charge in [0, 0.05) is 13.2 Å². The number of hydrogen-bond donors (Lipinski definition) is 1. The van der Waals surface area contributed by atoms with E-state index >= 15 is 0 Å². The van der Waals surface area contributed by atoms with Gasteiger partial charge in [-0.1, -0.05) is 19.1 Å². The van der Waals surface area contributed by atoms with Crippen LogP contribution in [0.25, 0.3) is 0 Å². The first-order chi connectivity index (χ1) is 7.26. The SMILES string of the molecule is CCC(N)Cc1ccc(OCOC)cc1. The van der Waals surface area contributed by atoms with Crippen LogP contribution in [-0.4, -0.2) is 19.9 Å². The molecule has 84 valence electrons. The summed E-state index contributed by atoms with van der Waals surface area (Å²) >= 11 is 0. The lowest BCUT2D eigenvalue weighted by Gasteiger charge is -2.09. The van der Waals surface area contributed by atoms with E-state index in [2.05, 4.69) is 6.92 Å². The second-order valence-electron chi connectivity index (χ2n) is 3.57. The molecule has 0 aliphatic heterocycles. The van der Waals surface area contributed by atoms with Crippen LogP contribution in [0.4, 0.5) is 0 Å². The Kier molecular flexibility index (Phi) is 5.15. The molecule has 0 radical (unpaired) electrons. The van der Waals surface area contributed by atoms with Crippen LogP contribution in [0.2, 0.25) is 0 Å². The fourth-order valence-corrected chi connectivity index (χ4v) is 1.30. The van der Waals surface area contributed by atoms with Crippen molar-refractivity contribution >= 4 is 0 Å². The zero-order valence-electron chi connectivity index (χ0n) is 9.40. The molecule has 0 fully saturated rings.